The third-order valence-corrected chi connectivity index (χ3v) is 3.85. The molecule has 2 rings (SSSR count). The van der Waals surface area contributed by atoms with E-state index >= 15 is 0 Å². The largest absolute Gasteiger partial charge is 0.462 e. The van der Waals surface area contributed by atoms with Crippen LogP contribution in [0.3, 0.4) is 0 Å². The molecule has 2 aromatic carbocycles. The molecule has 0 spiro atoms. The van der Waals surface area contributed by atoms with Gasteiger partial charge in [0.25, 0.3) is 0 Å². The summed E-state index contributed by atoms with van der Waals surface area (Å²) in [5, 5.41) is 2.85. The van der Waals surface area contributed by atoms with Crippen molar-refractivity contribution in [1.82, 2.24) is 0 Å². The highest BCUT2D eigenvalue weighted by Gasteiger charge is 2.14. The van der Waals surface area contributed by atoms with Crippen molar-refractivity contribution in [1.29, 1.82) is 0 Å². The fourth-order valence-electron chi connectivity index (χ4n) is 2.23. The lowest BCUT2D eigenvalue weighted by molar-refractivity contribution is -0.115. The maximum Gasteiger partial charge on any atom is 0.338 e. The van der Waals surface area contributed by atoms with Crippen LogP contribution in [0.5, 0.6) is 0 Å². The van der Waals surface area contributed by atoms with Gasteiger partial charge in [0.2, 0.25) is 5.91 Å². The lowest BCUT2D eigenvalue weighted by Gasteiger charge is -2.12. The zero-order valence-electron chi connectivity index (χ0n) is 13.1. The molecule has 0 heterocycles. The highest BCUT2D eigenvalue weighted by Crippen LogP contribution is 2.20. The third kappa shape index (κ3) is 4.66. The molecule has 0 aliphatic heterocycles. The first-order valence-electron chi connectivity index (χ1n) is 7.32. The van der Waals surface area contributed by atoms with Crippen LogP contribution in [0.1, 0.15) is 28.4 Å². The predicted molar refractivity (Wildman–Crippen MR) is 93.6 cm³/mol. The molecule has 0 atom stereocenters. The Kier molecular flexibility index (Phi) is 5.93. The van der Waals surface area contributed by atoms with Crippen molar-refractivity contribution in [2.45, 2.75) is 20.3 Å². The Morgan fingerprint density at radius 1 is 1.17 bits per heavy atom. The van der Waals surface area contributed by atoms with Gasteiger partial charge in [-0.25, -0.2) is 4.79 Å². The molecule has 0 saturated heterocycles. The van der Waals surface area contributed by atoms with Gasteiger partial charge in [-0.15, -0.1) is 0 Å². The summed E-state index contributed by atoms with van der Waals surface area (Å²) in [6.07, 6.45) is 0.266. The molecule has 5 heteroatoms. The molecule has 1 amide bonds. The van der Waals surface area contributed by atoms with Crippen LogP contribution in [-0.4, -0.2) is 18.5 Å². The quantitative estimate of drug-likeness (QED) is 0.799. The molecule has 2 aromatic rings. The number of ether oxygens (including phenoxy) is 1. The minimum Gasteiger partial charge on any atom is -0.462 e. The smallest absolute Gasteiger partial charge is 0.338 e. The second kappa shape index (κ2) is 7.92. The average molecular weight is 376 g/mol. The number of nitrogens with one attached hydrogen (secondary N) is 1. The van der Waals surface area contributed by atoms with Crippen LogP contribution in [0, 0.1) is 6.92 Å². The van der Waals surface area contributed by atoms with Gasteiger partial charge in [0.15, 0.2) is 0 Å². The molecule has 0 aliphatic carbocycles. The molecule has 0 aromatic heterocycles. The number of rotatable bonds is 5. The molecule has 0 aliphatic rings. The predicted octanol–water partition coefficient (Wildman–Crippen LogP) is 4.12. The summed E-state index contributed by atoms with van der Waals surface area (Å²) < 4.78 is 5.95. The number of hydrogen-bond donors (Lipinski definition) is 1. The van der Waals surface area contributed by atoms with E-state index < -0.39 is 0 Å². The molecule has 120 valence electrons. The van der Waals surface area contributed by atoms with Crippen LogP contribution in [-0.2, 0) is 16.0 Å². The minimum absolute atomic E-state index is 0.132. The van der Waals surface area contributed by atoms with E-state index in [2.05, 4.69) is 21.2 Å². The van der Waals surface area contributed by atoms with Gasteiger partial charge in [-0.3, -0.25) is 4.79 Å². The fourth-order valence-corrected chi connectivity index (χ4v) is 2.67. The van der Waals surface area contributed by atoms with E-state index in [1.165, 1.54) is 0 Å². The lowest BCUT2D eigenvalue weighted by atomic mass is 10.1. The van der Waals surface area contributed by atoms with Crippen LogP contribution in [0.2, 0.25) is 0 Å². The molecule has 0 fully saturated rings. The van der Waals surface area contributed by atoms with E-state index in [0.717, 1.165) is 10.0 Å². The summed E-state index contributed by atoms with van der Waals surface area (Å²) >= 11 is 3.39. The van der Waals surface area contributed by atoms with Crippen molar-refractivity contribution in [3.05, 3.63) is 63.6 Å². The van der Waals surface area contributed by atoms with Gasteiger partial charge < -0.3 is 10.1 Å². The third-order valence-electron chi connectivity index (χ3n) is 3.36. The topological polar surface area (TPSA) is 55.4 Å². The number of amides is 1. The summed E-state index contributed by atoms with van der Waals surface area (Å²) in [5.74, 6) is -0.514. The van der Waals surface area contributed by atoms with E-state index in [0.29, 0.717) is 23.4 Å². The molecule has 0 unspecified atom stereocenters. The van der Waals surface area contributed by atoms with Gasteiger partial charge in [-0.1, -0.05) is 34.1 Å². The minimum atomic E-state index is -0.381. The van der Waals surface area contributed by atoms with Crippen LogP contribution in [0.4, 0.5) is 5.69 Å². The summed E-state index contributed by atoms with van der Waals surface area (Å²) in [6, 6.07) is 12.8. The van der Waals surface area contributed by atoms with Gasteiger partial charge in [-0.05, 0) is 49.2 Å². The van der Waals surface area contributed by atoms with Crippen molar-refractivity contribution in [2.24, 2.45) is 0 Å². The number of benzene rings is 2. The van der Waals surface area contributed by atoms with Gasteiger partial charge in [0.05, 0.1) is 18.6 Å². The summed E-state index contributed by atoms with van der Waals surface area (Å²) in [4.78, 5) is 24.1. The van der Waals surface area contributed by atoms with Gasteiger partial charge in [0, 0.05) is 10.2 Å². The molecular formula is C18H18BrNO3. The number of anilines is 1. The Balaban J connectivity index is 2.12. The summed E-state index contributed by atoms with van der Waals surface area (Å²) in [5.41, 5.74) is 2.70. The van der Waals surface area contributed by atoms with Crippen LogP contribution >= 0.6 is 15.9 Å². The molecule has 1 N–H and O–H groups in total. The Bertz CT molecular complexity index is 728. The number of carbonyl (C=O) groups excluding carboxylic acids is 2. The van der Waals surface area contributed by atoms with E-state index in [1.807, 2.05) is 24.3 Å². The van der Waals surface area contributed by atoms with E-state index in [4.69, 9.17) is 4.74 Å². The molecule has 0 saturated carbocycles. The molecular weight excluding hydrogens is 358 g/mol. The maximum absolute atomic E-state index is 12.2. The van der Waals surface area contributed by atoms with Gasteiger partial charge in [0.1, 0.15) is 0 Å². The van der Waals surface area contributed by atoms with E-state index in [-0.39, 0.29) is 18.3 Å². The van der Waals surface area contributed by atoms with Gasteiger partial charge >= 0.3 is 5.97 Å². The zero-order valence-corrected chi connectivity index (χ0v) is 14.6. The lowest BCUT2D eigenvalue weighted by Crippen LogP contribution is -2.16. The Labute approximate surface area is 144 Å². The van der Waals surface area contributed by atoms with Crippen LogP contribution in [0.15, 0.2) is 46.9 Å². The number of halogens is 1. The van der Waals surface area contributed by atoms with Crippen molar-refractivity contribution < 1.29 is 14.3 Å². The first-order valence-corrected chi connectivity index (χ1v) is 8.11. The molecule has 0 radical (unpaired) electrons. The maximum atomic E-state index is 12.2. The monoisotopic (exact) mass is 375 g/mol. The first-order chi connectivity index (χ1) is 11.0. The molecule has 4 nitrogen and oxygen atoms in total. The normalized spacial score (nSPS) is 10.2. The van der Waals surface area contributed by atoms with Crippen molar-refractivity contribution >= 4 is 33.5 Å². The number of carbonyl (C=O) groups is 2. The van der Waals surface area contributed by atoms with Crippen LogP contribution in [0.25, 0.3) is 0 Å². The first kappa shape index (κ1) is 17.2. The highest BCUT2D eigenvalue weighted by molar-refractivity contribution is 9.10. The standard InChI is InChI=1S/C18H18BrNO3/c1-3-23-18(22)15-8-5-9-16(12(15)2)20-17(21)11-13-6-4-7-14(19)10-13/h4-10H,3,11H2,1-2H3,(H,20,21). The SMILES string of the molecule is CCOC(=O)c1cccc(NC(=O)Cc2cccc(Br)c2)c1C. The average Bonchev–Trinajstić information content (AvgIpc) is 2.49. The summed E-state index contributed by atoms with van der Waals surface area (Å²) in [7, 11) is 0. The van der Waals surface area contributed by atoms with Crippen LogP contribution < -0.4 is 5.32 Å². The second-order valence-electron chi connectivity index (χ2n) is 5.05. The van der Waals surface area contributed by atoms with E-state index in [1.54, 1.807) is 32.0 Å². The highest BCUT2D eigenvalue weighted by atomic mass is 79.9. The fraction of sp³-hybridized carbons (Fsp3) is 0.222. The molecule has 23 heavy (non-hydrogen) atoms. The van der Waals surface area contributed by atoms with Crippen molar-refractivity contribution in [3.8, 4) is 0 Å². The van der Waals surface area contributed by atoms with Crippen molar-refractivity contribution in [3.63, 3.8) is 0 Å². The Morgan fingerprint density at radius 2 is 1.91 bits per heavy atom. The number of hydrogen-bond acceptors (Lipinski definition) is 3. The van der Waals surface area contributed by atoms with Gasteiger partial charge in [-0.2, -0.15) is 0 Å². The Morgan fingerprint density at radius 3 is 2.61 bits per heavy atom. The van der Waals surface area contributed by atoms with Crippen molar-refractivity contribution in [2.75, 3.05) is 11.9 Å². The molecule has 0 bridgehead atoms. The Hall–Kier alpha value is -2.14. The second-order valence-corrected chi connectivity index (χ2v) is 5.97. The number of esters is 1. The van der Waals surface area contributed by atoms with E-state index in [9.17, 15) is 9.59 Å². The summed E-state index contributed by atoms with van der Waals surface area (Å²) in [6.45, 7) is 3.87. The zero-order chi connectivity index (χ0) is 16.8.